The Hall–Kier alpha value is -0.940. The summed E-state index contributed by atoms with van der Waals surface area (Å²) in [6.07, 6.45) is 3.38. The van der Waals surface area contributed by atoms with E-state index in [-0.39, 0.29) is 0 Å². The molecule has 1 aliphatic heterocycles. The molecule has 1 aromatic heterocycles. The molecule has 2 N–H and O–H groups in total. The number of nitrogens with zero attached hydrogens (tertiary/aromatic N) is 3. The van der Waals surface area contributed by atoms with Gasteiger partial charge in [0.15, 0.2) is 5.82 Å². The smallest absolute Gasteiger partial charge is 0.240 e. The maximum atomic E-state index is 5.41. The summed E-state index contributed by atoms with van der Waals surface area (Å²) in [5.41, 5.74) is 5.41. The van der Waals surface area contributed by atoms with Gasteiger partial charge in [-0.25, -0.2) is 0 Å². The van der Waals surface area contributed by atoms with Crippen molar-refractivity contribution in [2.75, 3.05) is 20.1 Å². The number of rotatable bonds is 3. The van der Waals surface area contributed by atoms with E-state index in [2.05, 4.69) is 22.1 Å². The van der Waals surface area contributed by atoms with E-state index >= 15 is 0 Å². The highest BCUT2D eigenvalue weighted by molar-refractivity contribution is 4.89. The highest BCUT2D eigenvalue weighted by Crippen LogP contribution is 2.19. The Bertz CT molecular complexity index is 304. The van der Waals surface area contributed by atoms with Crippen molar-refractivity contribution in [2.24, 2.45) is 11.7 Å². The maximum Gasteiger partial charge on any atom is 0.240 e. The Morgan fingerprint density at radius 3 is 2.80 bits per heavy atom. The Labute approximate surface area is 89.6 Å². The highest BCUT2D eigenvalue weighted by atomic mass is 16.5. The molecule has 0 spiro atoms. The molecule has 2 rings (SSSR count). The van der Waals surface area contributed by atoms with Gasteiger partial charge >= 0.3 is 0 Å². The van der Waals surface area contributed by atoms with Gasteiger partial charge in [0, 0.05) is 6.42 Å². The lowest BCUT2D eigenvalue weighted by Crippen LogP contribution is -2.31. The van der Waals surface area contributed by atoms with Crippen molar-refractivity contribution in [3.05, 3.63) is 11.7 Å². The fourth-order valence-corrected chi connectivity index (χ4v) is 1.98. The zero-order valence-corrected chi connectivity index (χ0v) is 9.15. The Balaban J connectivity index is 1.86. The Kier molecular flexibility index (Phi) is 3.33. The summed E-state index contributed by atoms with van der Waals surface area (Å²) >= 11 is 0. The molecule has 0 radical (unpaired) electrons. The van der Waals surface area contributed by atoms with Crippen LogP contribution in [0, 0.1) is 5.92 Å². The summed E-state index contributed by atoms with van der Waals surface area (Å²) in [5.74, 6) is 2.05. The van der Waals surface area contributed by atoms with E-state index in [0.717, 1.165) is 12.2 Å². The van der Waals surface area contributed by atoms with Crippen LogP contribution in [0.15, 0.2) is 4.52 Å². The van der Waals surface area contributed by atoms with E-state index in [1.54, 1.807) is 0 Å². The molecular weight excluding hydrogens is 192 g/mol. The van der Waals surface area contributed by atoms with Crippen LogP contribution in [0.5, 0.6) is 0 Å². The number of nitrogens with two attached hydrogens (primary N) is 1. The van der Waals surface area contributed by atoms with E-state index < -0.39 is 0 Å². The highest BCUT2D eigenvalue weighted by Gasteiger charge is 2.19. The molecule has 0 amide bonds. The van der Waals surface area contributed by atoms with Crippen LogP contribution in [0.1, 0.15) is 24.6 Å². The summed E-state index contributed by atoms with van der Waals surface area (Å²) in [5, 5.41) is 3.92. The van der Waals surface area contributed by atoms with Crippen molar-refractivity contribution in [1.29, 1.82) is 0 Å². The van der Waals surface area contributed by atoms with Gasteiger partial charge in [0.2, 0.25) is 5.89 Å². The van der Waals surface area contributed by atoms with Gasteiger partial charge in [-0.3, -0.25) is 0 Å². The quantitative estimate of drug-likeness (QED) is 0.782. The molecule has 1 fully saturated rings. The normalized spacial score (nSPS) is 19.6. The molecule has 15 heavy (non-hydrogen) atoms. The van der Waals surface area contributed by atoms with Crippen LogP contribution in [0.3, 0.4) is 0 Å². The van der Waals surface area contributed by atoms with Gasteiger partial charge in [-0.05, 0) is 38.9 Å². The van der Waals surface area contributed by atoms with Crippen LogP contribution in [0.25, 0.3) is 0 Å². The minimum Gasteiger partial charge on any atom is -0.338 e. The lowest BCUT2D eigenvalue weighted by Gasteiger charge is -2.27. The average Bonchev–Trinajstić information content (AvgIpc) is 2.69. The third kappa shape index (κ3) is 2.76. The van der Waals surface area contributed by atoms with Gasteiger partial charge in [-0.1, -0.05) is 5.16 Å². The average molecular weight is 210 g/mol. The van der Waals surface area contributed by atoms with E-state index in [0.29, 0.717) is 18.4 Å². The minimum atomic E-state index is 0.334. The third-order valence-corrected chi connectivity index (χ3v) is 2.99. The largest absolute Gasteiger partial charge is 0.338 e. The predicted octanol–water partition coefficient (Wildman–Crippen LogP) is 0.413. The van der Waals surface area contributed by atoms with Crippen LogP contribution in [-0.4, -0.2) is 35.2 Å². The molecule has 0 aromatic carbocycles. The summed E-state index contributed by atoms with van der Waals surface area (Å²) < 4.78 is 4.98. The van der Waals surface area contributed by atoms with Crippen LogP contribution in [-0.2, 0) is 13.0 Å². The van der Waals surface area contributed by atoms with Crippen molar-refractivity contribution >= 4 is 0 Å². The van der Waals surface area contributed by atoms with Gasteiger partial charge in [-0.2, -0.15) is 4.98 Å². The molecule has 0 bridgehead atoms. The van der Waals surface area contributed by atoms with Gasteiger partial charge < -0.3 is 15.2 Å². The second-order valence-electron chi connectivity index (χ2n) is 4.26. The Morgan fingerprint density at radius 1 is 1.47 bits per heavy atom. The molecule has 1 saturated heterocycles. The van der Waals surface area contributed by atoms with E-state index in [4.69, 9.17) is 10.3 Å². The minimum absolute atomic E-state index is 0.334. The second-order valence-corrected chi connectivity index (χ2v) is 4.26. The van der Waals surface area contributed by atoms with E-state index in [1.807, 2.05) is 0 Å². The zero-order chi connectivity index (χ0) is 10.7. The van der Waals surface area contributed by atoms with Crippen molar-refractivity contribution in [2.45, 2.75) is 25.8 Å². The van der Waals surface area contributed by atoms with Crippen molar-refractivity contribution < 1.29 is 4.52 Å². The molecule has 5 nitrogen and oxygen atoms in total. The lowest BCUT2D eigenvalue weighted by atomic mass is 9.94. The van der Waals surface area contributed by atoms with Crippen LogP contribution < -0.4 is 5.73 Å². The zero-order valence-electron chi connectivity index (χ0n) is 9.15. The fourth-order valence-electron chi connectivity index (χ4n) is 1.98. The summed E-state index contributed by atoms with van der Waals surface area (Å²) in [6.45, 7) is 2.68. The molecule has 0 unspecified atom stereocenters. The van der Waals surface area contributed by atoms with Gasteiger partial charge in [0.1, 0.15) is 0 Å². The van der Waals surface area contributed by atoms with Crippen LogP contribution in [0.4, 0.5) is 0 Å². The first kappa shape index (κ1) is 10.6. The van der Waals surface area contributed by atoms with Crippen LogP contribution >= 0.6 is 0 Å². The predicted molar refractivity (Wildman–Crippen MR) is 56.1 cm³/mol. The number of hydrogen-bond acceptors (Lipinski definition) is 5. The third-order valence-electron chi connectivity index (χ3n) is 2.99. The van der Waals surface area contributed by atoms with Crippen LogP contribution in [0.2, 0.25) is 0 Å². The van der Waals surface area contributed by atoms with Gasteiger partial charge in [0.25, 0.3) is 0 Å². The summed E-state index contributed by atoms with van der Waals surface area (Å²) in [7, 11) is 2.16. The first-order chi connectivity index (χ1) is 7.28. The molecule has 1 aromatic rings. The van der Waals surface area contributed by atoms with E-state index in [1.165, 1.54) is 25.9 Å². The van der Waals surface area contributed by atoms with Crippen molar-refractivity contribution in [1.82, 2.24) is 15.0 Å². The van der Waals surface area contributed by atoms with Crippen molar-refractivity contribution in [3.8, 4) is 0 Å². The lowest BCUT2D eigenvalue weighted by molar-refractivity contribution is 0.216. The molecular formula is C10H18N4O. The SMILES string of the molecule is CN1CCC(Cc2noc(CN)n2)CC1. The molecule has 84 valence electrons. The second kappa shape index (κ2) is 4.72. The first-order valence-electron chi connectivity index (χ1n) is 5.48. The Morgan fingerprint density at radius 2 is 2.20 bits per heavy atom. The van der Waals surface area contributed by atoms with Crippen molar-refractivity contribution in [3.63, 3.8) is 0 Å². The number of hydrogen-bond donors (Lipinski definition) is 1. The molecule has 0 atom stereocenters. The van der Waals surface area contributed by atoms with E-state index in [9.17, 15) is 0 Å². The molecule has 5 heteroatoms. The first-order valence-corrected chi connectivity index (χ1v) is 5.48. The molecule has 2 heterocycles. The maximum absolute atomic E-state index is 5.41. The molecule has 1 aliphatic rings. The molecule has 0 aliphatic carbocycles. The fraction of sp³-hybridized carbons (Fsp3) is 0.800. The molecule has 0 saturated carbocycles. The summed E-state index contributed by atoms with van der Waals surface area (Å²) in [6, 6.07) is 0. The number of likely N-dealkylation sites (tertiary alicyclic amines) is 1. The summed E-state index contributed by atoms with van der Waals surface area (Å²) in [4.78, 5) is 6.58. The van der Waals surface area contributed by atoms with Gasteiger partial charge in [-0.15, -0.1) is 0 Å². The van der Waals surface area contributed by atoms with Gasteiger partial charge in [0.05, 0.1) is 6.54 Å². The topological polar surface area (TPSA) is 68.2 Å². The number of piperidine rings is 1. The monoisotopic (exact) mass is 210 g/mol. The standard InChI is InChI=1S/C10H18N4O/c1-14-4-2-8(3-5-14)6-9-12-10(7-11)15-13-9/h8H,2-7,11H2,1H3. The number of aromatic nitrogens is 2.